The molecular formula is C17H17F3N2O2. The third kappa shape index (κ3) is 4.73. The molecular weight excluding hydrogens is 321 g/mol. The number of aliphatic hydroxyl groups is 1. The fraction of sp³-hybridized carbons (Fsp3) is 0.235. The smallest absolute Gasteiger partial charge is 0.395 e. The number of benzene rings is 2. The zero-order valence-electron chi connectivity index (χ0n) is 12.8. The van der Waals surface area contributed by atoms with Crippen molar-refractivity contribution in [3.63, 3.8) is 0 Å². The quantitative estimate of drug-likeness (QED) is 0.851. The second-order valence-corrected chi connectivity index (χ2v) is 5.07. The second kappa shape index (κ2) is 7.83. The molecule has 0 aliphatic rings. The highest BCUT2D eigenvalue weighted by molar-refractivity contribution is 5.94. The number of halogens is 3. The van der Waals surface area contributed by atoms with Gasteiger partial charge in [-0.05, 0) is 24.3 Å². The summed E-state index contributed by atoms with van der Waals surface area (Å²) in [5.74, 6) is -0.594. The van der Waals surface area contributed by atoms with Gasteiger partial charge < -0.3 is 15.3 Å². The summed E-state index contributed by atoms with van der Waals surface area (Å²) in [6.45, 7) is -0.156. The van der Waals surface area contributed by atoms with Gasteiger partial charge in [-0.2, -0.15) is 13.2 Å². The first-order chi connectivity index (χ1) is 11.4. The molecule has 1 amide bonds. The summed E-state index contributed by atoms with van der Waals surface area (Å²) < 4.78 is 38.9. The number of nitrogens with zero attached hydrogens (tertiary/aromatic N) is 1. The minimum Gasteiger partial charge on any atom is -0.395 e. The first-order valence-electron chi connectivity index (χ1n) is 7.28. The van der Waals surface area contributed by atoms with Crippen molar-refractivity contribution in [1.29, 1.82) is 0 Å². The number of nitrogens with one attached hydrogen (secondary N) is 1. The third-order valence-electron chi connectivity index (χ3n) is 3.33. The number of rotatable bonds is 6. The SMILES string of the molecule is O=C(CN(CCO)c1ccccc1)Nc1ccccc1C(F)(F)F. The molecule has 0 saturated heterocycles. The van der Waals surface area contributed by atoms with E-state index in [1.165, 1.54) is 18.2 Å². The summed E-state index contributed by atoms with van der Waals surface area (Å²) in [4.78, 5) is 13.7. The zero-order chi connectivity index (χ0) is 17.6. The fourth-order valence-corrected chi connectivity index (χ4v) is 2.26. The van der Waals surface area contributed by atoms with E-state index in [1.54, 1.807) is 35.2 Å². The molecule has 2 rings (SSSR count). The molecule has 7 heteroatoms. The lowest BCUT2D eigenvalue weighted by Crippen LogP contribution is -2.35. The lowest BCUT2D eigenvalue weighted by molar-refractivity contribution is -0.137. The Hall–Kier alpha value is -2.54. The van der Waals surface area contributed by atoms with E-state index >= 15 is 0 Å². The van der Waals surface area contributed by atoms with E-state index in [-0.39, 0.29) is 25.4 Å². The van der Waals surface area contributed by atoms with Crippen LogP contribution in [0.15, 0.2) is 54.6 Å². The van der Waals surface area contributed by atoms with E-state index in [0.717, 1.165) is 6.07 Å². The van der Waals surface area contributed by atoms with Crippen LogP contribution in [-0.2, 0) is 11.0 Å². The summed E-state index contributed by atoms with van der Waals surface area (Å²) in [7, 11) is 0. The number of hydrogen-bond acceptors (Lipinski definition) is 3. The predicted molar refractivity (Wildman–Crippen MR) is 85.8 cm³/mol. The number of carbonyl (C=O) groups is 1. The highest BCUT2D eigenvalue weighted by Gasteiger charge is 2.33. The molecule has 0 fully saturated rings. The Balaban J connectivity index is 2.12. The van der Waals surface area contributed by atoms with Crippen molar-refractivity contribution in [2.24, 2.45) is 0 Å². The van der Waals surface area contributed by atoms with Crippen LogP contribution in [-0.4, -0.2) is 30.7 Å². The lowest BCUT2D eigenvalue weighted by atomic mass is 10.1. The Labute approximate surface area is 137 Å². The average Bonchev–Trinajstić information content (AvgIpc) is 2.55. The number of para-hydroxylation sites is 2. The molecule has 2 N–H and O–H groups in total. The highest BCUT2D eigenvalue weighted by atomic mass is 19.4. The van der Waals surface area contributed by atoms with Crippen LogP contribution in [0.1, 0.15) is 5.56 Å². The Morgan fingerprint density at radius 2 is 1.67 bits per heavy atom. The summed E-state index contributed by atoms with van der Waals surface area (Å²) in [6, 6.07) is 13.7. The van der Waals surface area contributed by atoms with E-state index in [1.807, 2.05) is 0 Å². The lowest BCUT2D eigenvalue weighted by Gasteiger charge is -2.23. The van der Waals surface area contributed by atoms with Crippen LogP contribution < -0.4 is 10.2 Å². The third-order valence-corrected chi connectivity index (χ3v) is 3.33. The maximum Gasteiger partial charge on any atom is 0.418 e. The summed E-state index contributed by atoms with van der Waals surface area (Å²) in [6.07, 6.45) is -4.55. The molecule has 0 bridgehead atoms. The van der Waals surface area contributed by atoms with E-state index < -0.39 is 17.6 Å². The van der Waals surface area contributed by atoms with Crippen LogP contribution in [0.4, 0.5) is 24.5 Å². The number of anilines is 2. The zero-order valence-corrected chi connectivity index (χ0v) is 12.8. The molecule has 24 heavy (non-hydrogen) atoms. The molecule has 0 unspecified atom stereocenters. The number of carbonyl (C=O) groups excluding carboxylic acids is 1. The molecule has 0 spiro atoms. The average molecular weight is 338 g/mol. The van der Waals surface area contributed by atoms with Crippen LogP contribution >= 0.6 is 0 Å². The van der Waals surface area contributed by atoms with Gasteiger partial charge in [-0.1, -0.05) is 30.3 Å². The molecule has 2 aromatic rings. The van der Waals surface area contributed by atoms with Gasteiger partial charge in [0.05, 0.1) is 24.4 Å². The van der Waals surface area contributed by atoms with Crippen molar-refractivity contribution in [3.8, 4) is 0 Å². The number of amides is 1. The predicted octanol–water partition coefficient (Wildman–Crippen LogP) is 3.14. The molecule has 0 radical (unpaired) electrons. The van der Waals surface area contributed by atoms with Crippen molar-refractivity contribution in [2.45, 2.75) is 6.18 Å². The monoisotopic (exact) mass is 338 g/mol. The van der Waals surface area contributed by atoms with Crippen LogP contribution in [0.2, 0.25) is 0 Å². The van der Waals surface area contributed by atoms with E-state index in [0.29, 0.717) is 5.69 Å². The van der Waals surface area contributed by atoms with Crippen molar-refractivity contribution in [2.75, 3.05) is 29.9 Å². The minimum atomic E-state index is -4.55. The first-order valence-corrected chi connectivity index (χ1v) is 7.28. The molecule has 0 atom stereocenters. The summed E-state index contributed by atoms with van der Waals surface area (Å²) in [5.41, 5.74) is -0.482. The highest BCUT2D eigenvalue weighted by Crippen LogP contribution is 2.34. The summed E-state index contributed by atoms with van der Waals surface area (Å²) >= 11 is 0. The Morgan fingerprint density at radius 1 is 1.04 bits per heavy atom. The number of alkyl halides is 3. The first kappa shape index (κ1) is 17.8. The molecule has 4 nitrogen and oxygen atoms in total. The van der Waals surface area contributed by atoms with Crippen LogP contribution in [0.5, 0.6) is 0 Å². The molecule has 0 heterocycles. The Bertz CT molecular complexity index is 675. The number of aliphatic hydroxyl groups excluding tert-OH is 1. The topological polar surface area (TPSA) is 52.6 Å². The van der Waals surface area contributed by atoms with Gasteiger partial charge in [-0.3, -0.25) is 4.79 Å². The van der Waals surface area contributed by atoms with E-state index in [4.69, 9.17) is 5.11 Å². The van der Waals surface area contributed by atoms with Gasteiger partial charge in [0.25, 0.3) is 0 Å². The maximum atomic E-state index is 13.0. The fourth-order valence-electron chi connectivity index (χ4n) is 2.26. The second-order valence-electron chi connectivity index (χ2n) is 5.07. The minimum absolute atomic E-state index is 0.170. The van der Waals surface area contributed by atoms with Gasteiger partial charge in [0.1, 0.15) is 0 Å². The number of hydrogen-bond donors (Lipinski definition) is 2. The Kier molecular flexibility index (Phi) is 5.81. The van der Waals surface area contributed by atoms with Gasteiger partial charge >= 0.3 is 6.18 Å². The van der Waals surface area contributed by atoms with E-state index in [9.17, 15) is 18.0 Å². The van der Waals surface area contributed by atoms with Gasteiger partial charge in [0, 0.05) is 12.2 Å². The van der Waals surface area contributed by atoms with Crippen molar-refractivity contribution >= 4 is 17.3 Å². The molecule has 0 aliphatic carbocycles. The van der Waals surface area contributed by atoms with E-state index in [2.05, 4.69) is 5.32 Å². The van der Waals surface area contributed by atoms with Crippen LogP contribution in [0, 0.1) is 0 Å². The summed E-state index contributed by atoms with van der Waals surface area (Å²) in [5, 5.41) is 11.4. The molecule has 0 aromatic heterocycles. The van der Waals surface area contributed by atoms with Gasteiger partial charge in [-0.15, -0.1) is 0 Å². The van der Waals surface area contributed by atoms with Crippen molar-refractivity contribution < 1.29 is 23.1 Å². The van der Waals surface area contributed by atoms with Gasteiger partial charge in [-0.25, -0.2) is 0 Å². The van der Waals surface area contributed by atoms with Crippen molar-refractivity contribution in [3.05, 3.63) is 60.2 Å². The standard InChI is InChI=1S/C17H17F3N2O2/c18-17(19,20)14-8-4-5-9-15(14)21-16(24)12-22(10-11-23)13-6-2-1-3-7-13/h1-9,23H,10-12H2,(H,21,24). The molecule has 0 saturated carbocycles. The maximum absolute atomic E-state index is 13.0. The molecule has 128 valence electrons. The van der Waals surface area contributed by atoms with Crippen LogP contribution in [0.25, 0.3) is 0 Å². The van der Waals surface area contributed by atoms with Gasteiger partial charge in [0.2, 0.25) is 5.91 Å². The van der Waals surface area contributed by atoms with Gasteiger partial charge in [0.15, 0.2) is 0 Å². The Morgan fingerprint density at radius 3 is 2.29 bits per heavy atom. The molecule has 0 aliphatic heterocycles. The normalized spacial score (nSPS) is 11.2. The van der Waals surface area contributed by atoms with Crippen LogP contribution in [0.3, 0.4) is 0 Å². The molecule has 2 aromatic carbocycles. The van der Waals surface area contributed by atoms with Crippen molar-refractivity contribution in [1.82, 2.24) is 0 Å². The largest absolute Gasteiger partial charge is 0.418 e.